The Labute approximate surface area is 192 Å². The third kappa shape index (κ3) is 4.57. The van der Waals surface area contributed by atoms with Crippen LogP contribution in [0.25, 0.3) is 11.3 Å². The van der Waals surface area contributed by atoms with Gasteiger partial charge < -0.3 is 21.8 Å². The van der Waals surface area contributed by atoms with Gasteiger partial charge in [-0.15, -0.1) is 0 Å². The molecule has 4 rings (SSSR count). The second-order valence-corrected chi connectivity index (χ2v) is 7.88. The van der Waals surface area contributed by atoms with E-state index in [0.717, 1.165) is 25.8 Å². The minimum absolute atomic E-state index is 0.0461. The first-order valence-electron chi connectivity index (χ1n) is 10.9. The molecule has 0 saturated carbocycles. The fraction of sp³-hybridized carbons (Fsp3) is 0.250. The average Bonchev–Trinajstić information content (AvgIpc) is 3.17. The predicted molar refractivity (Wildman–Crippen MR) is 127 cm³/mol. The molecule has 1 saturated heterocycles. The molecule has 0 unspecified atom stereocenters. The first kappa shape index (κ1) is 22.1. The minimum Gasteiger partial charge on any atom is -0.368 e. The van der Waals surface area contributed by atoms with Gasteiger partial charge >= 0.3 is 0 Å². The Morgan fingerprint density at radius 3 is 2.61 bits per heavy atom. The number of likely N-dealkylation sites (tertiary alicyclic amines) is 1. The number of carbonyl (C=O) groups excluding carboxylic acids is 2. The highest BCUT2D eigenvalue weighted by Crippen LogP contribution is 2.33. The maximum absolute atomic E-state index is 12.5. The molecule has 1 aliphatic rings. The molecular formula is C24H27N7O2. The second-order valence-electron chi connectivity index (χ2n) is 7.88. The van der Waals surface area contributed by atoms with Gasteiger partial charge in [-0.1, -0.05) is 24.3 Å². The molecular weight excluding hydrogens is 418 g/mol. The minimum atomic E-state index is -0.656. The van der Waals surface area contributed by atoms with E-state index in [9.17, 15) is 9.59 Å². The zero-order valence-corrected chi connectivity index (χ0v) is 18.4. The molecule has 33 heavy (non-hydrogen) atoms. The SMILES string of the molecule is CC=CN1CCCC[C@H]1c1nc(-c2ccc(C(=O)Nc3ccccn3)cc2)c(C(N)=O)n1N. The molecule has 0 radical (unpaired) electrons. The highest BCUT2D eigenvalue weighted by Gasteiger charge is 2.30. The normalized spacial score (nSPS) is 16.2. The highest BCUT2D eigenvalue weighted by atomic mass is 16.2. The molecule has 9 heteroatoms. The zero-order valence-electron chi connectivity index (χ0n) is 18.4. The molecule has 1 fully saturated rings. The maximum atomic E-state index is 12.5. The van der Waals surface area contributed by atoms with Crippen LogP contribution >= 0.6 is 0 Å². The highest BCUT2D eigenvalue weighted by molar-refractivity contribution is 6.04. The van der Waals surface area contributed by atoms with Gasteiger partial charge in [-0.25, -0.2) is 14.6 Å². The molecule has 2 amide bonds. The summed E-state index contributed by atoms with van der Waals surface area (Å²) in [7, 11) is 0. The van der Waals surface area contributed by atoms with Crippen molar-refractivity contribution in [1.29, 1.82) is 0 Å². The Morgan fingerprint density at radius 2 is 1.94 bits per heavy atom. The van der Waals surface area contributed by atoms with Crippen molar-refractivity contribution in [3.63, 3.8) is 0 Å². The Balaban J connectivity index is 1.65. The van der Waals surface area contributed by atoms with E-state index in [1.165, 1.54) is 4.68 Å². The monoisotopic (exact) mass is 445 g/mol. The van der Waals surface area contributed by atoms with Crippen LogP contribution in [0, 0.1) is 0 Å². The van der Waals surface area contributed by atoms with Crippen LogP contribution in [-0.2, 0) is 0 Å². The average molecular weight is 446 g/mol. The van der Waals surface area contributed by atoms with Crippen LogP contribution < -0.4 is 16.9 Å². The van der Waals surface area contributed by atoms with Gasteiger partial charge in [0.1, 0.15) is 11.5 Å². The molecule has 3 heterocycles. The largest absolute Gasteiger partial charge is 0.368 e. The summed E-state index contributed by atoms with van der Waals surface area (Å²) in [6.07, 6.45) is 8.62. The van der Waals surface area contributed by atoms with E-state index in [4.69, 9.17) is 16.6 Å². The molecule has 1 aliphatic heterocycles. The molecule has 0 bridgehead atoms. The first-order chi connectivity index (χ1) is 16.0. The van der Waals surface area contributed by atoms with E-state index < -0.39 is 5.91 Å². The van der Waals surface area contributed by atoms with Crippen molar-refractivity contribution in [2.24, 2.45) is 5.73 Å². The van der Waals surface area contributed by atoms with Crippen LogP contribution in [0.5, 0.6) is 0 Å². The third-order valence-corrected chi connectivity index (χ3v) is 5.68. The smallest absolute Gasteiger partial charge is 0.269 e. The van der Waals surface area contributed by atoms with Crippen LogP contribution in [-0.4, -0.2) is 37.9 Å². The van der Waals surface area contributed by atoms with Crippen molar-refractivity contribution < 1.29 is 9.59 Å². The Morgan fingerprint density at radius 1 is 1.15 bits per heavy atom. The number of anilines is 1. The summed E-state index contributed by atoms with van der Waals surface area (Å²) >= 11 is 0. The second kappa shape index (κ2) is 9.56. The van der Waals surface area contributed by atoms with Gasteiger partial charge in [0.2, 0.25) is 0 Å². The van der Waals surface area contributed by atoms with Crippen molar-refractivity contribution in [2.75, 3.05) is 17.7 Å². The van der Waals surface area contributed by atoms with Crippen LogP contribution in [0.3, 0.4) is 0 Å². The van der Waals surface area contributed by atoms with Gasteiger partial charge in [0.15, 0.2) is 11.5 Å². The van der Waals surface area contributed by atoms with Crippen molar-refractivity contribution in [2.45, 2.75) is 32.2 Å². The predicted octanol–water partition coefficient (Wildman–Crippen LogP) is 3.07. The number of aromatic nitrogens is 3. The van der Waals surface area contributed by atoms with Gasteiger partial charge in [0, 0.05) is 23.9 Å². The number of imidazole rings is 1. The van der Waals surface area contributed by atoms with Crippen LogP contribution in [0.15, 0.2) is 60.9 Å². The van der Waals surface area contributed by atoms with Crippen LogP contribution in [0.1, 0.15) is 58.9 Å². The Hall–Kier alpha value is -4.14. The first-order valence-corrected chi connectivity index (χ1v) is 10.9. The van der Waals surface area contributed by atoms with Gasteiger partial charge in [0.25, 0.3) is 11.8 Å². The molecule has 170 valence electrons. The molecule has 9 nitrogen and oxygen atoms in total. The van der Waals surface area contributed by atoms with E-state index in [0.29, 0.717) is 28.5 Å². The fourth-order valence-corrected chi connectivity index (χ4v) is 4.13. The summed E-state index contributed by atoms with van der Waals surface area (Å²) in [5, 5.41) is 2.74. The number of nitrogens with zero attached hydrogens (tertiary/aromatic N) is 4. The van der Waals surface area contributed by atoms with Crippen LogP contribution in [0.4, 0.5) is 5.82 Å². The van der Waals surface area contributed by atoms with Gasteiger partial charge in [-0.3, -0.25) is 9.59 Å². The van der Waals surface area contributed by atoms with E-state index >= 15 is 0 Å². The lowest BCUT2D eigenvalue weighted by atomic mass is 10.0. The number of carbonyl (C=O) groups is 2. The molecule has 5 N–H and O–H groups in total. The van der Waals surface area contributed by atoms with Crippen LogP contribution in [0.2, 0.25) is 0 Å². The van der Waals surface area contributed by atoms with Gasteiger partial charge in [-0.05, 0) is 56.7 Å². The summed E-state index contributed by atoms with van der Waals surface area (Å²) < 4.78 is 1.31. The van der Waals surface area contributed by atoms with Crippen molar-refractivity contribution >= 4 is 17.6 Å². The molecule has 3 aromatic rings. The lowest BCUT2D eigenvalue weighted by Crippen LogP contribution is -2.33. The maximum Gasteiger partial charge on any atom is 0.269 e. The molecule has 0 aliphatic carbocycles. The number of rotatable bonds is 6. The quantitative estimate of drug-likeness (QED) is 0.500. The number of benzene rings is 1. The van der Waals surface area contributed by atoms with Crippen molar-refractivity contribution in [1.82, 2.24) is 19.5 Å². The van der Waals surface area contributed by atoms with Gasteiger partial charge in [-0.2, -0.15) is 0 Å². The fourth-order valence-electron chi connectivity index (χ4n) is 4.13. The number of amides is 2. The number of piperidine rings is 1. The Bertz CT molecular complexity index is 1170. The number of primary amides is 1. The number of nitrogen functional groups attached to an aromatic ring is 1. The molecule has 1 aromatic carbocycles. The molecule has 0 spiro atoms. The summed E-state index contributed by atoms with van der Waals surface area (Å²) in [4.78, 5) is 35.8. The summed E-state index contributed by atoms with van der Waals surface area (Å²) in [6.45, 7) is 2.86. The molecule has 1 atom stereocenters. The third-order valence-electron chi connectivity index (χ3n) is 5.68. The Kier molecular flexibility index (Phi) is 6.39. The molecule has 2 aromatic heterocycles. The number of hydrogen-bond donors (Lipinski definition) is 3. The standard InChI is InChI=1S/C24H27N7O2/c1-2-14-30-15-6-4-7-18(30)23-29-20(21(22(25)32)31(23)26)16-9-11-17(12-10-16)24(33)28-19-8-3-5-13-27-19/h2-3,5,8-14,18H,4,6-7,15,26H2,1H3,(H2,25,32)(H,27,28,33)/t18-/m0/s1. The lowest BCUT2D eigenvalue weighted by Gasteiger charge is -2.34. The number of hydrogen-bond acceptors (Lipinski definition) is 6. The summed E-state index contributed by atoms with van der Waals surface area (Å²) in [5.41, 5.74) is 7.32. The summed E-state index contributed by atoms with van der Waals surface area (Å²) in [6, 6.07) is 12.0. The van der Waals surface area contributed by atoms with E-state index in [-0.39, 0.29) is 17.6 Å². The zero-order chi connectivity index (χ0) is 23.4. The number of allylic oxidation sites excluding steroid dienone is 1. The number of nitrogens with one attached hydrogen (secondary N) is 1. The number of nitrogens with two attached hydrogens (primary N) is 2. The van der Waals surface area contributed by atoms with E-state index in [1.807, 2.05) is 19.2 Å². The van der Waals surface area contributed by atoms with Gasteiger partial charge in [0.05, 0.1) is 6.04 Å². The topological polar surface area (TPSA) is 132 Å². The van der Waals surface area contributed by atoms with Crippen molar-refractivity contribution in [3.05, 3.63) is 78.0 Å². The van der Waals surface area contributed by atoms with E-state index in [2.05, 4.69) is 15.2 Å². The summed E-state index contributed by atoms with van der Waals surface area (Å²) in [5.74, 6) is 6.44. The van der Waals surface area contributed by atoms with E-state index in [1.54, 1.807) is 48.7 Å². The van der Waals surface area contributed by atoms with Crippen molar-refractivity contribution in [3.8, 4) is 11.3 Å². The lowest BCUT2D eigenvalue weighted by molar-refractivity contribution is 0.0990. The number of pyridine rings is 1.